The fourth-order valence-corrected chi connectivity index (χ4v) is 2.58. The Kier molecular flexibility index (Phi) is 5.39. The maximum atomic E-state index is 12.4. The summed E-state index contributed by atoms with van der Waals surface area (Å²) in [6.45, 7) is 10.6. The van der Waals surface area contributed by atoms with Crippen molar-refractivity contribution in [1.29, 1.82) is 0 Å². The molecule has 0 spiro atoms. The molecule has 1 aliphatic heterocycles. The Morgan fingerprint density at radius 1 is 1.26 bits per heavy atom. The number of amides is 2. The van der Waals surface area contributed by atoms with Gasteiger partial charge in [-0.1, -0.05) is 33.6 Å². The summed E-state index contributed by atoms with van der Waals surface area (Å²) in [7, 11) is 0. The number of nitrogens with one attached hydrogen (secondary N) is 1. The van der Waals surface area contributed by atoms with Crippen LogP contribution in [0.5, 0.6) is 0 Å². The van der Waals surface area contributed by atoms with Crippen LogP contribution < -0.4 is 5.32 Å². The lowest BCUT2D eigenvalue weighted by molar-refractivity contribution is -0.153. The van der Waals surface area contributed by atoms with Crippen LogP contribution in [0.2, 0.25) is 0 Å². The zero-order chi connectivity index (χ0) is 14.6. The molecule has 0 saturated carbocycles. The Labute approximate surface area is 116 Å². The Morgan fingerprint density at radius 3 is 2.42 bits per heavy atom. The zero-order valence-corrected chi connectivity index (χ0v) is 13.0. The quantitative estimate of drug-likeness (QED) is 0.752. The molecule has 4 nitrogen and oxygen atoms in total. The third kappa shape index (κ3) is 3.95. The number of carbonyl (C=O) groups is 2. The first kappa shape index (κ1) is 16.0. The second kappa shape index (κ2) is 6.40. The predicted molar refractivity (Wildman–Crippen MR) is 76.7 cm³/mol. The molecule has 2 amide bonds. The Hall–Kier alpha value is -1.06. The van der Waals surface area contributed by atoms with E-state index in [0.29, 0.717) is 18.9 Å². The van der Waals surface area contributed by atoms with Crippen LogP contribution in [-0.4, -0.2) is 34.8 Å². The molecule has 0 aromatic rings. The van der Waals surface area contributed by atoms with Crippen molar-refractivity contribution in [2.24, 2.45) is 5.92 Å². The smallest absolute Gasteiger partial charge is 0.248 e. The predicted octanol–water partition coefficient (Wildman–Crippen LogP) is 2.33. The van der Waals surface area contributed by atoms with E-state index in [1.165, 1.54) is 6.42 Å². The minimum atomic E-state index is -0.763. The highest BCUT2D eigenvalue weighted by atomic mass is 16.2. The molecule has 1 fully saturated rings. The lowest BCUT2D eigenvalue weighted by Gasteiger charge is -2.42. The molecule has 1 rings (SSSR count). The van der Waals surface area contributed by atoms with E-state index >= 15 is 0 Å². The first-order valence-electron chi connectivity index (χ1n) is 7.42. The lowest BCUT2D eigenvalue weighted by atomic mass is 9.95. The van der Waals surface area contributed by atoms with Crippen LogP contribution in [0.25, 0.3) is 0 Å². The summed E-state index contributed by atoms with van der Waals surface area (Å²) in [4.78, 5) is 26.2. The van der Waals surface area contributed by atoms with Gasteiger partial charge in [-0.3, -0.25) is 9.59 Å². The number of rotatable bonds is 6. The van der Waals surface area contributed by atoms with Gasteiger partial charge in [-0.05, 0) is 32.6 Å². The van der Waals surface area contributed by atoms with Crippen LogP contribution in [0.3, 0.4) is 0 Å². The molecule has 1 aliphatic rings. The minimum Gasteiger partial charge on any atom is -0.340 e. The molecule has 1 saturated heterocycles. The monoisotopic (exact) mass is 268 g/mol. The highest BCUT2D eigenvalue weighted by Gasteiger charge is 2.43. The normalized spacial score (nSPS) is 22.8. The van der Waals surface area contributed by atoms with E-state index < -0.39 is 5.54 Å². The Bertz CT molecular complexity index is 337. The summed E-state index contributed by atoms with van der Waals surface area (Å²) in [5, 5.41) is 2.81. The van der Waals surface area contributed by atoms with Gasteiger partial charge in [-0.2, -0.15) is 0 Å². The average molecular weight is 268 g/mol. The van der Waals surface area contributed by atoms with Crippen LogP contribution in [0, 0.1) is 5.92 Å². The van der Waals surface area contributed by atoms with E-state index in [-0.39, 0.29) is 17.9 Å². The van der Waals surface area contributed by atoms with Crippen molar-refractivity contribution in [3.8, 4) is 0 Å². The molecule has 110 valence electrons. The van der Waals surface area contributed by atoms with Gasteiger partial charge in [0, 0.05) is 6.54 Å². The Balaban J connectivity index is 2.64. The highest BCUT2D eigenvalue weighted by molar-refractivity contribution is 5.99. The van der Waals surface area contributed by atoms with Crippen LogP contribution in [0.1, 0.15) is 60.3 Å². The van der Waals surface area contributed by atoms with Crippen molar-refractivity contribution in [2.45, 2.75) is 71.9 Å². The second-order valence-electron chi connectivity index (χ2n) is 6.43. The van der Waals surface area contributed by atoms with Crippen LogP contribution in [0.4, 0.5) is 0 Å². The Morgan fingerprint density at radius 2 is 1.89 bits per heavy atom. The van der Waals surface area contributed by atoms with Gasteiger partial charge in [0.25, 0.3) is 0 Å². The van der Waals surface area contributed by atoms with Gasteiger partial charge in [-0.25, -0.2) is 0 Å². The first-order valence-corrected chi connectivity index (χ1v) is 7.42. The molecule has 1 N–H and O–H groups in total. The molecule has 1 atom stereocenters. The number of piperazine rings is 1. The SMILES string of the molecule is CCC1C(=O)NC(C)(C)C(=O)N1CCCCC(C)C. The number of hydrogen-bond donors (Lipinski definition) is 1. The molecule has 0 aliphatic carbocycles. The summed E-state index contributed by atoms with van der Waals surface area (Å²) in [5.41, 5.74) is -0.763. The average Bonchev–Trinajstić information content (AvgIpc) is 2.29. The third-order valence-corrected chi connectivity index (χ3v) is 3.73. The molecule has 0 bridgehead atoms. The number of unbranched alkanes of at least 4 members (excludes halogenated alkanes) is 1. The highest BCUT2D eigenvalue weighted by Crippen LogP contribution is 2.21. The molecular weight excluding hydrogens is 240 g/mol. The second-order valence-corrected chi connectivity index (χ2v) is 6.43. The van der Waals surface area contributed by atoms with Crippen LogP contribution in [-0.2, 0) is 9.59 Å². The molecule has 1 heterocycles. The van der Waals surface area contributed by atoms with Crippen LogP contribution >= 0.6 is 0 Å². The van der Waals surface area contributed by atoms with Gasteiger partial charge in [0.1, 0.15) is 11.6 Å². The van der Waals surface area contributed by atoms with Gasteiger partial charge in [0.15, 0.2) is 0 Å². The molecule has 0 aromatic carbocycles. The lowest BCUT2D eigenvalue weighted by Crippen LogP contribution is -2.68. The summed E-state index contributed by atoms with van der Waals surface area (Å²) >= 11 is 0. The van der Waals surface area contributed by atoms with Crippen molar-refractivity contribution in [3.05, 3.63) is 0 Å². The minimum absolute atomic E-state index is 0.0176. The molecule has 0 radical (unpaired) electrons. The van der Waals surface area contributed by atoms with E-state index in [9.17, 15) is 9.59 Å². The van der Waals surface area contributed by atoms with Gasteiger partial charge >= 0.3 is 0 Å². The standard InChI is InChI=1S/C15H28N2O2/c1-6-12-13(18)16-15(4,5)14(19)17(12)10-8-7-9-11(2)3/h11-12H,6-10H2,1-5H3,(H,16,18). The van der Waals surface area contributed by atoms with Crippen LogP contribution in [0.15, 0.2) is 0 Å². The molecule has 19 heavy (non-hydrogen) atoms. The molecular formula is C15H28N2O2. The van der Waals surface area contributed by atoms with E-state index in [1.807, 2.05) is 6.92 Å². The number of nitrogens with zero attached hydrogens (tertiary/aromatic N) is 1. The molecule has 1 unspecified atom stereocenters. The van der Waals surface area contributed by atoms with Crippen molar-refractivity contribution in [2.75, 3.05) is 6.54 Å². The fraction of sp³-hybridized carbons (Fsp3) is 0.867. The summed E-state index contributed by atoms with van der Waals surface area (Å²) in [6.07, 6.45) is 3.94. The summed E-state index contributed by atoms with van der Waals surface area (Å²) in [6, 6.07) is -0.292. The number of hydrogen-bond acceptors (Lipinski definition) is 2. The molecule has 0 aromatic heterocycles. The maximum absolute atomic E-state index is 12.4. The fourth-order valence-electron chi connectivity index (χ4n) is 2.58. The van der Waals surface area contributed by atoms with E-state index in [4.69, 9.17) is 0 Å². The van der Waals surface area contributed by atoms with Gasteiger partial charge in [-0.15, -0.1) is 0 Å². The van der Waals surface area contributed by atoms with Crippen molar-refractivity contribution in [3.63, 3.8) is 0 Å². The largest absolute Gasteiger partial charge is 0.340 e. The van der Waals surface area contributed by atoms with E-state index in [1.54, 1.807) is 18.7 Å². The summed E-state index contributed by atoms with van der Waals surface area (Å²) in [5.74, 6) is 0.721. The third-order valence-electron chi connectivity index (χ3n) is 3.73. The van der Waals surface area contributed by atoms with E-state index in [2.05, 4.69) is 19.2 Å². The van der Waals surface area contributed by atoms with Crippen molar-refractivity contribution < 1.29 is 9.59 Å². The van der Waals surface area contributed by atoms with Gasteiger partial charge in [0.05, 0.1) is 0 Å². The summed E-state index contributed by atoms with van der Waals surface area (Å²) < 4.78 is 0. The van der Waals surface area contributed by atoms with Gasteiger partial charge in [0.2, 0.25) is 11.8 Å². The van der Waals surface area contributed by atoms with E-state index in [0.717, 1.165) is 12.8 Å². The van der Waals surface area contributed by atoms with Crippen molar-refractivity contribution in [1.82, 2.24) is 10.2 Å². The topological polar surface area (TPSA) is 49.4 Å². The molecule has 4 heteroatoms. The van der Waals surface area contributed by atoms with Gasteiger partial charge < -0.3 is 10.2 Å². The van der Waals surface area contributed by atoms with Crippen molar-refractivity contribution >= 4 is 11.8 Å². The number of carbonyl (C=O) groups excluding carboxylic acids is 2. The first-order chi connectivity index (χ1) is 8.79. The maximum Gasteiger partial charge on any atom is 0.248 e. The zero-order valence-electron chi connectivity index (χ0n) is 13.0.